The lowest BCUT2D eigenvalue weighted by atomic mass is 9.84. The normalized spacial score (nSPS) is 21.5. The molecule has 1 unspecified atom stereocenters. The lowest BCUT2D eigenvalue weighted by molar-refractivity contribution is -0.138. The number of benzene rings is 2. The minimum atomic E-state index is -1.37. The third kappa shape index (κ3) is 4.74. The third-order valence-electron chi connectivity index (χ3n) is 7.99. The monoisotopic (exact) mass is 579 g/mol. The molecule has 1 aliphatic carbocycles. The van der Waals surface area contributed by atoms with E-state index in [0.717, 1.165) is 11.8 Å². The molecule has 0 aromatic heterocycles. The number of carboxylic acids is 1. The third-order valence-corrected chi connectivity index (χ3v) is 7.99. The van der Waals surface area contributed by atoms with Crippen molar-refractivity contribution in [2.75, 3.05) is 67.7 Å². The van der Waals surface area contributed by atoms with E-state index in [1.807, 2.05) is 29.2 Å². The molecule has 3 aliphatic heterocycles. The number of anilines is 3. The van der Waals surface area contributed by atoms with E-state index >= 15 is 4.39 Å². The Kier molecular flexibility index (Phi) is 6.87. The molecule has 220 valence electrons. The van der Waals surface area contributed by atoms with Crippen molar-refractivity contribution in [1.29, 1.82) is 0 Å². The van der Waals surface area contributed by atoms with Gasteiger partial charge in [-0.25, -0.2) is 9.18 Å². The molecule has 2 fully saturated rings. The Morgan fingerprint density at radius 2 is 1.74 bits per heavy atom. The van der Waals surface area contributed by atoms with Gasteiger partial charge in [0.15, 0.2) is 24.1 Å². The standard InChI is InChI=1S/C29H30FN5O7/c1-16(36)31-13-19-14-35(29(40)42-19)18-5-3-17(4-6-18)33-7-9-34(10-8-33)25-22(30)11-20-24-23(32(2)15-41-27(24)25)12-21(26(20)37)28(38)39/h3-6,11-12,19,21H,7-10,13-15H2,1-2H3,(H,31,36)(H,38,39)/t19-,21?/m0/s1. The van der Waals surface area contributed by atoms with Crippen LogP contribution in [0.25, 0.3) is 5.70 Å². The summed E-state index contributed by atoms with van der Waals surface area (Å²) < 4.78 is 26.9. The zero-order chi connectivity index (χ0) is 29.7. The van der Waals surface area contributed by atoms with Crippen LogP contribution in [0.1, 0.15) is 22.8 Å². The van der Waals surface area contributed by atoms with Gasteiger partial charge in [-0.3, -0.25) is 19.3 Å². The summed E-state index contributed by atoms with van der Waals surface area (Å²) in [6.07, 6.45) is 0.526. The zero-order valence-corrected chi connectivity index (χ0v) is 23.1. The van der Waals surface area contributed by atoms with Gasteiger partial charge in [0.1, 0.15) is 17.7 Å². The van der Waals surface area contributed by atoms with Crippen molar-refractivity contribution in [3.05, 3.63) is 53.4 Å². The molecule has 4 aliphatic rings. The number of amides is 2. The molecule has 2 aromatic rings. The molecule has 2 saturated heterocycles. The van der Waals surface area contributed by atoms with Gasteiger partial charge in [0, 0.05) is 62.8 Å². The molecular formula is C29H30FN5O7. The number of ether oxygens (including phenoxy) is 2. The highest BCUT2D eigenvalue weighted by atomic mass is 19.1. The van der Waals surface area contributed by atoms with Gasteiger partial charge in [-0.05, 0) is 36.4 Å². The Balaban J connectivity index is 1.16. The van der Waals surface area contributed by atoms with Crippen molar-refractivity contribution in [2.24, 2.45) is 5.92 Å². The van der Waals surface area contributed by atoms with Crippen molar-refractivity contribution < 1.29 is 38.1 Å². The maximum absolute atomic E-state index is 15.6. The molecule has 3 heterocycles. The number of cyclic esters (lactones) is 1. The quantitative estimate of drug-likeness (QED) is 0.491. The van der Waals surface area contributed by atoms with E-state index in [0.29, 0.717) is 49.7 Å². The molecule has 13 heteroatoms. The van der Waals surface area contributed by atoms with Crippen LogP contribution in [0.15, 0.2) is 36.4 Å². The van der Waals surface area contributed by atoms with Crippen LogP contribution >= 0.6 is 0 Å². The van der Waals surface area contributed by atoms with E-state index in [1.165, 1.54) is 17.9 Å². The van der Waals surface area contributed by atoms with E-state index < -0.39 is 35.7 Å². The van der Waals surface area contributed by atoms with Gasteiger partial charge in [0.05, 0.1) is 18.7 Å². The van der Waals surface area contributed by atoms with Gasteiger partial charge in [0.2, 0.25) is 5.91 Å². The Hall–Kier alpha value is -4.81. The number of rotatable bonds is 6. The Labute approximate surface area is 240 Å². The average molecular weight is 580 g/mol. The van der Waals surface area contributed by atoms with Crippen LogP contribution in [0.4, 0.5) is 26.2 Å². The minimum absolute atomic E-state index is 0.0183. The number of nitrogens with one attached hydrogen (secondary N) is 1. The first-order chi connectivity index (χ1) is 20.1. The lowest BCUT2D eigenvalue weighted by Gasteiger charge is -2.41. The number of aliphatic carboxylic acids is 1. The number of hydrogen-bond donors (Lipinski definition) is 2. The van der Waals surface area contributed by atoms with Crippen LogP contribution in [0, 0.1) is 11.7 Å². The van der Waals surface area contributed by atoms with Crippen molar-refractivity contribution >= 4 is 46.5 Å². The van der Waals surface area contributed by atoms with Crippen LogP contribution < -0.4 is 24.8 Å². The van der Waals surface area contributed by atoms with Gasteiger partial charge in [-0.15, -0.1) is 0 Å². The number of halogens is 1. The molecule has 0 bridgehead atoms. The number of piperazine rings is 1. The molecule has 2 N–H and O–H groups in total. The minimum Gasteiger partial charge on any atom is -0.480 e. The molecule has 0 saturated carbocycles. The zero-order valence-electron chi connectivity index (χ0n) is 23.1. The highest BCUT2D eigenvalue weighted by Gasteiger charge is 2.40. The predicted molar refractivity (Wildman–Crippen MR) is 150 cm³/mol. The largest absolute Gasteiger partial charge is 0.480 e. The van der Waals surface area contributed by atoms with E-state index in [4.69, 9.17) is 9.47 Å². The second-order valence-electron chi connectivity index (χ2n) is 10.7. The van der Waals surface area contributed by atoms with Crippen LogP contribution in [0.5, 0.6) is 5.75 Å². The first kappa shape index (κ1) is 27.4. The number of hydrogen-bond acceptors (Lipinski definition) is 9. The fourth-order valence-electron chi connectivity index (χ4n) is 5.84. The summed E-state index contributed by atoms with van der Waals surface area (Å²) in [7, 11) is 1.73. The fourth-order valence-corrected chi connectivity index (χ4v) is 5.84. The van der Waals surface area contributed by atoms with Crippen LogP contribution in [-0.2, 0) is 14.3 Å². The van der Waals surface area contributed by atoms with E-state index in [1.54, 1.807) is 11.9 Å². The molecule has 2 atom stereocenters. The van der Waals surface area contributed by atoms with Crippen molar-refractivity contribution in [1.82, 2.24) is 10.2 Å². The first-order valence-electron chi connectivity index (χ1n) is 13.6. The first-order valence-corrected chi connectivity index (χ1v) is 13.6. The van der Waals surface area contributed by atoms with Gasteiger partial charge < -0.3 is 34.6 Å². The smallest absolute Gasteiger partial charge is 0.414 e. The van der Waals surface area contributed by atoms with Crippen LogP contribution in [0.3, 0.4) is 0 Å². The number of nitrogens with zero attached hydrogens (tertiary/aromatic N) is 4. The number of carbonyl (C=O) groups is 4. The second kappa shape index (κ2) is 10.5. The van der Waals surface area contributed by atoms with E-state index in [-0.39, 0.29) is 36.2 Å². The second-order valence-corrected chi connectivity index (χ2v) is 10.7. The van der Waals surface area contributed by atoms with Crippen molar-refractivity contribution in [3.63, 3.8) is 0 Å². The Bertz CT molecular complexity index is 1500. The maximum atomic E-state index is 15.6. The number of ketones is 1. The van der Waals surface area contributed by atoms with Crippen molar-refractivity contribution in [3.8, 4) is 5.75 Å². The highest BCUT2D eigenvalue weighted by Crippen LogP contribution is 2.47. The summed E-state index contributed by atoms with van der Waals surface area (Å²) in [5, 5.41) is 12.2. The van der Waals surface area contributed by atoms with Crippen molar-refractivity contribution in [2.45, 2.75) is 13.0 Å². The van der Waals surface area contributed by atoms with Gasteiger partial charge in [0.25, 0.3) is 0 Å². The SMILES string of the molecule is CC(=O)NC[C@H]1CN(c2ccc(N3CCN(c4c(F)cc5c6c4OCN(C)C6=CC(C(=O)O)C5=O)CC3)cc2)C(=O)O1. The van der Waals surface area contributed by atoms with Crippen LogP contribution in [-0.4, -0.2) is 92.9 Å². The highest BCUT2D eigenvalue weighted by molar-refractivity contribution is 6.16. The lowest BCUT2D eigenvalue weighted by Crippen LogP contribution is -2.47. The summed E-state index contributed by atoms with van der Waals surface area (Å²) in [6.45, 7) is 4.24. The molecule has 42 heavy (non-hydrogen) atoms. The summed E-state index contributed by atoms with van der Waals surface area (Å²) in [6, 6.07) is 8.66. The number of carboxylic acid groups (broad SMARTS) is 1. The average Bonchev–Trinajstić information content (AvgIpc) is 3.35. The molecule has 0 spiro atoms. The molecule has 2 amide bonds. The van der Waals surface area contributed by atoms with Gasteiger partial charge >= 0.3 is 12.1 Å². The summed E-state index contributed by atoms with van der Waals surface area (Å²) in [5.74, 6) is -3.86. The molecule has 6 rings (SSSR count). The van der Waals surface area contributed by atoms with Crippen LogP contribution in [0.2, 0.25) is 0 Å². The Morgan fingerprint density at radius 1 is 1.07 bits per heavy atom. The van der Waals surface area contributed by atoms with Gasteiger partial charge in [-0.2, -0.15) is 0 Å². The predicted octanol–water partition coefficient (Wildman–Crippen LogP) is 2.13. The number of carbonyl (C=O) groups excluding carboxylic acids is 3. The maximum Gasteiger partial charge on any atom is 0.414 e. The van der Waals surface area contributed by atoms with Gasteiger partial charge in [-0.1, -0.05) is 0 Å². The molecule has 2 aromatic carbocycles. The molecule has 12 nitrogen and oxygen atoms in total. The van der Waals surface area contributed by atoms with E-state index in [9.17, 15) is 24.3 Å². The summed E-state index contributed by atoms with van der Waals surface area (Å²) >= 11 is 0. The fraction of sp³-hybridized carbons (Fsp3) is 0.379. The Morgan fingerprint density at radius 3 is 2.40 bits per heavy atom. The van der Waals surface area contributed by atoms with E-state index in [2.05, 4.69) is 10.2 Å². The molecular weight excluding hydrogens is 549 g/mol. The number of Topliss-reactive ketones (excluding diaryl/α,β-unsaturated/α-hetero) is 1. The summed E-state index contributed by atoms with van der Waals surface area (Å²) in [5.41, 5.74) is 2.90. The summed E-state index contributed by atoms with van der Waals surface area (Å²) in [4.78, 5) is 55.4. The topological polar surface area (TPSA) is 132 Å². The molecule has 0 radical (unpaired) electrons.